The van der Waals surface area contributed by atoms with Crippen molar-refractivity contribution < 1.29 is 23.9 Å². The van der Waals surface area contributed by atoms with Crippen molar-refractivity contribution in [3.05, 3.63) is 47.2 Å². The number of Topliss-reactive ketones (excluding diaryl/α,β-unsaturated/α-hetero) is 1. The van der Waals surface area contributed by atoms with Gasteiger partial charge < -0.3 is 9.47 Å². The lowest BCUT2D eigenvalue weighted by atomic mass is 9.94. The molecule has 5 nitrogen and oxygen atoms in total. The summed E-state index contributed by atoms with van der Waals surface area (Å²) >= 11 is 0. The molecule has 0 bridgehead atoms. The van der Waals surface area contributed by atoms with Gasteiger partial charge in [-0.2, -0.15) is 0 Å². The first kappa shape index (κ1) is 20.9. The van der Waals surface area contributed by atoms with Gasteiger partial charge in [-0.15, -0.1) is 0 Å². The quantitative estimate of drug-likeness (QED) is 0.394. The van der Waals surface area contributed by atoms with Gasteiger partial charge in [0.2, 0.25) is 5.78 Å². The van der Waals surface area contributed by atoms with Crippen LogP contribution in [0.15, 0.2) is 36.1 Å². The van der Waals surface area contributed by atoms with Gasteiger partial charge in [0.15, 0.2) is 11.5 Å². The van der Waals surface area contributed by atoms with E-state index in [1.807, 2.05) is 6.92 Å². The Morgan fingerprint density at radius 3 is 2.22 bits per heavy atom. The highest BCUT2D eigenvalue weighted by Gasteiger charge is 2.26. The average Bonchev–Trinajstić information content (AvgIpc) is 2.67. The standard InChI is InChI=1S/C22H28O5/c1-2-26-21(24)14-8-6-4-3-5-7-11-15-27-20-16-19(23)17-12-9-10-13-18(17)22(20)25/h9-10,12-13,16H,2-8,11,14-15H2,1H3. The maximum Gasteiger partial charge on any atom is 0.305 e. The third-order valence-corrected chi connectivity index (χ3v) is 4.51. The molecule has 1 aliphatic carbocycles. The molecule has 0 amide bonds. The molecule has 0 unspecified atom stereocenters. The predicted octanol–water partition coefficient (Wildman–Crippen LogP) is 4.65. The van der Waals surface area contributed by atoms with Gasteiger partial charge in [0.1, 0.15) is 0 Å². The fourth-order valence-electron chi connectivity index (χ4n) is 3.07. The van der Waals surface area contributed by atoms with Gasteiger partial charge in [0.25, 0.3) is 0 Å². The van der Waals surface area contributed by atoms with Crippen molar-refractivity contribution in [2.75, 3.05) is 13.2 Å². The van der Waals surface area contributed by atoms with E-state index in [0.717, 1.165) is 44.9 Å². The van der Waals surface area contributed by atoms with Crippen molar-refractivity contribution in [2.45, 2.75) is 58.3 Å². The van der Waals surface area contributed by atoms with Gasteiger partial charge in [-0.1, -0.05) is 56.4 Å². The number of benzene rings is 1. The summed E-state index contributed by atoms with van der Waals surface area (Å²) in [6.07, 6.45) is 8.92. The third-order valence-electron chi connectivity index (χ3n) is 4.51. The van der Waals surface area contributed by atoms with E-state index in [1.165, 1.54) is 6.08 Å². The summed E-state index contributed by atoms with van der Waals surface area (Å²) in [5.74, 6) is -0.352. The summed E-state index contributed by atoms with van der Waals surface area (Å²) in [5, 5.41) is 0. The van der Waals surface area contributed by atoms with Crippen LogP contribution in [0.4, 0.5) is 0 Å². The van der Waals surface area contributed by atoms with Gasteiger partial charge in [0.05, 0.1) is 13.2 Å². The van der Waals surface area contributed by atoms with Crippen LogP contribution in [-0.2, 0) is 14.3 Å². The number of allylic oxidation sites excluding steroid dienone is 2. The van der Waals surface area contributed by atoms with E-state index in [9.17, 15) is 14.4 Å². The SMILES string of the molecule is CCOC(=O)CCCCCCCCCOC1=CC(=O)c2ccccc2C1=O. The van der Waals surface area contributed by atoms with Crippen LogP contribution in [0.2, 0.25) is 0 Å². The minimum Gasteiger partial charge on any atom is -0.489 e. The van der Waals surface area contributed by atoms with Crippen molar-refractivity contribution in [1.29, 1.82) is 0 Å². The fourth-order valence-corrected chi connectivity index (χ4v) is 3.07. The lowest BCUT2D eigenvalue weighted by Gasteiger charge is -2.15. The number of unbranched alkanes of at least 4 members (excludes halogenated alkanes) is 6. The number of rotatable bonds is 12. The van der Waals surface area contributed by atoms with Crippen molar-refractivity contribution >= 4 is 17.5 Å². The van der Waals surface area contributed by atoms with E-state index < -0.39 is 0 Å². The zero-order chi connectivity index (χ0) is 19.5. The Balaban J connectivity index is 1.54. The maximum absolute atomic E-state index is 12.3. The molecule has 5 heteroatoms. The van der Waals surface area contributed by atoms with Crippen molar-refractivity contribution in [2.24, 2.45) is 0 Å². The summed E-state index contributed by atoms with van der Waals surface area (Å²) < 4.78 is 10.5. The molecular formula is C22H28O5. The molecule has 1 aromatic carbocycles. The van der Waals surface area contributed by atoms with Gasteiger partial charge >= 0.3 is 5.97 Å². The second-order valence-corrected chi connectivity index (χ2v) is 6.63. The summed E-state index contributed by atoms with van der Waals surface area (Å²) in [4.78, 5) is 35.6. The molecule has 0 fully saturated rings. The smallest absolute Gasteiger partial charge is 0.305 e. The summed E-state index contributed by atoms with van der Waals surface area (Å²) in [6.45, 7) is 2.71. The summed E-state index contributed by atoms with van der Waals surface area (Å²) in [5.41, 5.74) is 0.862. The van der Waals surface area contributed by atoms with Gasteiger partial charge in [0, 0.05) is 23.6 Å². The Bertz CT molecular complexity index is 690. The molecule has 27 heavy (non-hydrogen) atoms. The molecule has 146 valence electrons. The molecule has 0 radical (unpaired) electrons. The highest BCUT2D eigenvalue weighted by atomic mass is 16.5. The van der Waals surface area contributed by atoms with E-state index in [2.05, 4.69) is 0 Å². The fraction of sp³-hybridized carbons (Fsp3) is 0.500. The number of ether oxygens (including phenoxy) is 2. The molecule has 0 saturated carbocycles. The number of ketones is 2. The first-order chi connectivity index (χ1) is 13.1. The van der Waals surface area contributed by atoms with Crippen LogP contribution in [0, 0.1) is 0 Å². The van der Waals surface area contributed by atoms with Crippen LogP contribution >= 0.6 is 0 Å². The number of hydrogen-bond donors (Lipinski definition) is 0. The van der Waals surface area contributed by atoms with Crippen molar-refractivity contribution in [1.82, 2.24) is 0 Å². The molecular weight excluding hydrogens is 344 g/mol. The third kappa shape index (κ3) is 6.66. The zero-order valence-electron chi connectivity index (χ0n) is 16.0. The normalized spacial score (nSPS) is 13.1. The van der Waals surface area contributed by atoms with Crippen LogP contribution in [-0.4, -0.2) is 30.7 Å². The molecule has 0 saturated heterocycles. The van der Waals surface area contributed by atoms with E-state index in [1.54, 1.807) is 24.3 Å². The number of hydrogen-bond acceptors (Lipinski definition) is 5. The van der Waals surface area contributed by atoms with E-state index >= 15 is 0 Å². The van der Waals surface area contributed by atoms with Crippen LogP contribution in [0.25, 0.3) is 0 Å². The Labute approximate surface area is 160 Å². The number of carbonyl (C=O) groups is 3. The molecule has 0 heterocycles. The second-order valence-electron chi connectivity index (χ2n) is 6.63. The van der Waals surface area contributed by atoms with Crippen molar-refractivity contribution in [3.63, 3.8) is 0 Å². The number of carbonyl (C=O) groups excluding carboxylic acids is 3. The number of esters is 1. The Morgan fingerprint density at radius 2 is 1.52 bits per heavy atom. The topological polar surface area (TPSA) is 69.7 Å². The van der Waals surface area contributed by atoms with Crippen LogP contribution in [0.1, 0.15) is 79.0 Å². The van der Waals surface area contributed by atoms with Crippen LogP contribution in [0.5, 0.6) is 0 Å². The molecule has 0 aromatic heterocycles. The van der Waals surface area contributed by atoms with Gasteiger partial charge in [-0.25, -0.2) is 0 Å². The van der Waals surface area contributed by atoms with E-state index in [0.29, 0.717) is 30.8 Å². The first-order valence-electron chi connectivity index (χ1n) is 9.81. The lowest BCUT2D eigenvalue weighted by molar-refractivity contribution is -0.143. The first-order valence-corrected chi connectivity index (χ1v) is 9.81. The Kier molecular flexibility index (Phi) is 8.75. The summed E-state index contributed by atoms with van der Waals surface area (Å²) in [7, 11) is 0. The average molecular weight is 372 g/mol. The lowest BCUT2D eigenvalue weighted by Crippen LogP contribution is -2.18. The van der Waals surface area contributed by atoms with Gasteiger partial charge in [-0.05, 0) is 19.8 Å². The van der Waals surface area contributed by atoms with Crippen molar-refractivity contribution in [3.8, 4) is 0 Å². The van der Waals surface area contributed by atoms with Crippen LogP contribution < -0.4 is 0 Å². The van der Waals surface area contributed by atoms with E-state index in [-0.39, 0.29) is 23.3 Å². The predicted molar refractivity (Wildman–Crippen MR) is 103 cm³/mol. The Hall–Kier alpha value is -2.43. The second kappa shape index (κ2) is 11.3. The minimum atomic E-state index is -0.216. The molecule has 1 aromatic rings. The highest BCUT2D eigenvalue weighted by Crippen LogP contribution is 2.22. The molecule has 0 N–H and O–H groups in total. The zero-order valence-corrected chi connectivity index (χ0v) is 16.0. The molecule has 0 atom stereocenters. The molecule has 2 rings (SSSR count). The Morgan fingerprint density at radius 1 is 0.889 bits per heavy atom. The van der Waals surface area contributed by atoms with Crippen LogP contribution in [0.3, 0.4) is 0 Å². The molecule has 0 aliphatic heterocycles. The highest BCUT2D eigenvalue weighted by molar-refractivity contribution is 6.23. The largest absolute Gasteiger partial charge is 0.489 e. The van der Waals surface area contributed by atoms with Gasteiger partial charge in [-0.3, -0.25) is 14.4 Å². The molecule has 0 spiro atoms. The number of fused-ring (bicyclic) bond motifs is 1. The maximum atomic E-state index is 12.3. The summed E-state index contributed by atoms with van der Waals surface area (Å²) in [6, 6.07) is 6.82. The monoisotopic (exact) mass is 372 g/mol. The minimum absolute atomic E-state index is 0.109. The van der Waals surface area contributed by atoms with E-state index in [4.69, 9.17) is 9.47 Å². The molecule has 1 aliphatic rings.